The fourth-order valence-electron chi connectivity index (χ4n) is 1.76. The summed E-state index contributed by atoms with van der Waals surface area (Å²) < 4.78 is 6.92. The molecule has 0 spiro atoms. The Bertz CT molecular complexity index is 485. The molecule has 3 amide bonds. The Morgan fingerprint density at radius 1 is 1.42 bits per heavy atom. The zero-order valence-corrected chi connectivity index (χ0v) is 15.1. The smallest absolute Gasteiger partial charge is 0.258 e. The molecule has 0 heterocycles. The predicted octanol–water partition coefficient (Wildman–Crippen LogP) is 0.123. The number of amides is 3. The second kappa shape index (κ2) is 11.2. The van der Waals surface area contributed by atoms with Gasteiger partial charge in [-0.15, -0.1) is 6.55 Å². The summed E-state index contributed by atoms with van der Waals surface area (Å²) in [5.74, 6) is -1.25. The Morgan fingerprint density at radius 2 is 2.08 bits per heavy atom. The quantitative estimate of drug-likeness (QED) is 0.309. The van der Waals surface area contributed by atoms with Crippen molar-refractivity contribution in [2.45, 2.75) is 39.2 Å². The lowest BCUT2D eigenvalue weighted by Crippen LogP contribution is -2.50. The van der Waals surface area contributed by atoms with Gasteiger partial charge in [0.05, 0.1) is 7.98 Å². The molecule has 0 saturated heterocycles. The molecule has 138 valence electrons. The van der Waals surface area contributed by atoms with Crippen molar-refractivity contribution in [2.75, 3.05) is 25.4 Å². The lowest BCUT2D eigenvalue weighted by Gasteiger charge is -2.31. The van der Waals surface area contributed by atoms with Gasteiger partial charge in [-0.05, 0) is 6.42 Å². The summed E-state index contributed by atoms with van der Waals surface area (Å²) in [6, 6.07) is 0. The monoisotopic (exact) mass is 361 g/mol. The Labute approximate surface area is 149 Å². The molecule has 0 bridgehead atoms. The molecule has 0 aliphatic carbocycles. The van der Waals surface area contributed by atoms with Crippen LogP contribution >= 0.6 is 12.6 Å². The predicted molar refractivity (Wildman–Crippen MR) is 94.5 cm³/mol. The number of rotatable bonds is 11. The molecule has 0 unspecified atom stereocenters. The van der Waals surface area contributed by atoms with Crippen LogP contribution in [0.5, 0.6) is 0 Å². The van der Waals surface area contributed by atoms with Crippen LogP contribution in [0.3, 0.4) is 0 Å². The second-order valence-electron chi connectivity index (χ2n) is 6.03. The summed E-state index contributed by atoms with van der Waals surface area (Å²) in [6.45, 7) is 3.82. The van der Waals surface area contributed by atoms with E-state index in [2.05, 4.69) is 17.9 Å². The molecule has 0 aliphatic heterocycles. The Hall–Kier alpha value is -1.38. The van der Waals surface area contributed by atoms with Crippen molar-refractivity contribution in [1.29, 1.82) is 0 Å². The SMILES string of the molecule is [2H]C=CCCC(=O)N(CCC(=O)NCCS)C(=O)[C@H](O)C(C)(C)CO. The van der Waals surface area contributed by atoms with Crippen LogP contribution in [0.4, 0.5) is 0 Å². The molecule has 7 nitrogen and oxygen atoms in total. The van der Waals surface area contributed by atoms with Crippen LogP contribution in [-0.4, -0.2) is 64.4 Å². The van der Waals surface area contributed by atoms with E-state index in [1.165, 1.54) is 19.9 Å². The number of thiol groups is 1. The largest absolute Gasteiger partial charge is 0.396 e. The van der Waals surface area contributed by atoms with Crippen molar-refractivity contribution in [3.8, 4) is 0 Å². The van der Waals surface area contributed by atoms with E-state index >= 15 is 0 Å². The molecule has 0 aromatic rings. The maximum absolute atomic E-state index is 12.5. The first kappa shape index (κ1) is 20.7. The maximum Gasteiger partial charge on any atom is 0.258 e. The normalized spacial score (nSPS) is 13.5. The molecule has 8 heteroatoms. The molecule has 3 N–H and O–H groups in total. The first-order valence-corrected chi connectivity index (χ1v) is 8.38. The summed E-state index contributed by atoms with van der Waals surface area (Å²) in [6.07, 6.45) is 0.0526. The maximum atomic E-state index is 12.5. The van der Waals surface area contributed by atoms with Gasteiger partial charge in [0.15, 0.2) is 0 Å². The van der Waals surface area contributed by atoms with Crippen molar-refractivity contribution in [3.63, 3.8) is 0 Å². The van der Waals surface area contributed by atoms with Crippen molar-refractivity contribution in [1.82, 2.24) is 10.2 Å². The van der Waals surface area contributed by atoms with Crippen molar-refractivity contribution >= 4 is 30.4 Å². The van der Waals surface area contributed by atoms with E-state index in [9.17, 15) is 24.6 Å². The molecular weight excluding hydrogens is 332 g/mol. The van der Waals surface area contributed by atoms with Gasteiger partial charge in [-0.3, -0.25) is 19.3 Å². The molecule has 0 radical (unpaired) electrons. The van der Waals surface area contributed by atoms with Crippen molar-refractivity contribution in [3.05, 3.63) is 12.6 Å². The molecule has 0 fully saturated rings. The van der Waals surface area contributed by atoms with Crippen LogP contribution in [0.25, 0.3) is 0 Å². The summed E-state index contributed by atoms with van der Waals surface area (Å²) >= 11 is 3.97. The minimum atomic E-state index is -1.58. The average molecular weight is 361 g/mol. The van der Waals surface area contributed by atoms with Crippen LogP contribution in [0.1, 0.15) is 34.5 Å². The first-order valence-electron chi connectivity index (χ1n) is 8.33. The third kappa shape index (κ3) is 7.46. The Morgan fingerprint density at radius 3 is 2.62 bits per heavy atom. The average Bonchev–Trinajstić information content (AvgIpc) is 2.59. The summed E-state index contributed by atoms with van der Waals surface area (Å²) in [4.78, 5) is 37.3. The van der Waals surface area contributed by atoms with Crippen LogP contribution in [-0.2, 0) is 14.4 Å². The minimum Gasteiger partial charge on any atom is -0.396 e. The number of nitrogens with zero attached hydrogens (tertiary/aromatic N) is 1. The van der Waals surface area contributed by atoms with Gasteiger partial charge in [0.25, 0.3) is 5.91 Å². The fraction of sp³-hybridized carbons (Fsp3) is 0.688. The highest BCUT2D eigenvalue weighted by Gasteiger charge is 2.37. The van der Waals surface area contributed by atoms with E-state index in [-0.39, 0.29) is 31.7 Å². The van der Waals surface area contributed by atoms with E-state index in [1.807, 2.05) is 0 Å². The van der Waals surface area contributed by atoms with E-state index in [4.69, 9.17) is 1.37 Å². The van der Waals surface area contributed by atoms with Gasteiger partial charge in [0.1, 0.15) is 6.10 Å². The van der Waals surface area contributed by atoms with Crippen LogP contribution in [0.2, 0.25) is 0 Å². The van der Waals surface area contributed by atoms with Gasteiger partial charge in [-0.25, -0.2) is 0 Å². The van der Waals surface area contributed by atoms with Crippen LogP contribution in [0.15, 0.2) is 12.6 Å². The highest BCUT2D eigenvalue weighted by atomic mass is 32.1. The Balaban J connectivity index is 5.08. The van der Waals surface area contributed by atoms with E-state index < -0.39 is 29.9 Å². The van der Waals surface area contributed by atoms with Crippen LogP contribution in [0, 0.1) is 5.41 Å². The molecule has 24 heavy (non-hydrogen) atoms. The van der Waals surface area contributed by atoms with Gasteiger partial charge in [0, 0.05) is 37.1 Å². The van der Waals surface area contributed by atoms with Crippen molar-refractivity contribution in [2.24, 2.45) is 5.41 Å². The van der Waals surface area contributed by atoms with Gasteiger partial charge in [-0.1, -0.05) is 19.9 Å². The topological polar surface area (TPSA) is 107 Å². The third-order valence-corrected chi connectivity index (χ3v) is 3.69. The fourth-order valence-corrected chi connectivity index (χ4v) is 1.88. The molecule has 0 aromatic carbocycles. The van der Waals surface area contributed by atoms with Crippen molar-refractivity contribution < 1.29 is 26.0 Å². The number of hydrogen-bond acceptors (Lipinski definition) is 6. The van der Waals surface area contributed by atoms with E-state index in [0.29, 0.717) is 12.3 Å². The number of aliphatic hydroxyl groups excluding tert-OH is 2. The minimum absolute atomic E-state index is 0.0222. The van der Waals surface area contributed by atoms with Gasteiger partial charge in [0.2, 0.25) is 11.8 Å². The van der Waals surface area contributed by atoms with Crippen LogP contribution < -0.4 is 5.32 Å². The highest BCUT2D eigenvalue weighted by molar-refractivity contribution is 7.80. The Kier molecular flexibility index (Phi) is 9.66. The number of carbonyl (C=O) groups excluding carboxylic acids is 3. The number of nitrogens with one attached hydrogen (secondary N) is 1. The summed E-state index contributed by atoms with van der Waals surface area (Å²) in [5.41, 5.74) is -1.12. The molecule has 0 rings (SSSR count). The molecular formula is C16H28N2O5S. The first-order chi connectivity index (χ1) is 11.7. The number of carbonyl (C=O) groups is 3. The molecule has 1 atom stereocenters. The number of allylic oxidation sites excluding steroid dienone is 1. The van der Waals surface area contributed by atoms with E-state index in [1.54, 1.807) is 0 Å². The molecule has 0 aromatic heterocycles. The summed E-state index contributed by atoms with van der Waals surface area (Å²) in [7, 11) is 0. The van der Waals surface area contributed by atoms with Gasteiger partial charge >= 0.3 is 0 Å². The lowest BCUT2D eigenvalue weighted by atomic mass is 9.86. The molecule has 0 aliphatic rings. The third-order valence-electron chi connectivity index (χ3n) is 3.47. The summed E-state index contributed by atoms with van der Waals surface area (Å²) in [5, 5.41) is 22.1. The molecule has 0 saturated carbocycles. The number of hydrogen-bond donors (Lipinski definition) is 4. The standard InChI is InChI=1S/C16H28N2O5S/c1-4-5-6-13(21)18(9-7-12(20)17-8-10-24)15(23)14(22)16(2,3)11-19/h4,14,19,22,24H,1,5-11H2,2-3H3,(H,17,20)/t14-/m0/s1/i1D. The highest BCUT2D eigenvalue weighted by Crippen LogP contribution is 2.22. The zero-order chi connectivity index (χ0) is 19.5. The van der Waals surface area contributed by atoms with Gasteiger partial charge in [-0.2, -0.15) is 12.6 Å². The van der Waals surface area contributed by atoms with E-state index in [0.717, 1.165) is 11.5 Å². The van der Waals surface area contributed by atoms with Gasteiger partial charge < -0.3 is 15.5 Å². The lowest BCUT2D eigenvalue weighted by molar-refractivity contribution is -0.156. The second-order valence-corrected chi connectivity index (χ2v) is 6.48. The number of imide groups is 1. The number of aliphatic hydroxyl groups is 2. The zero-order valence-electron chi connectivity index (χ0n) is 15.2.